The van der Waals surface area contributed by atoms with Gasteiger partial charge in [-0.3, -0.25) is 14.3 Å². The lowest BCUT2D eigenvalue weighted by Crippen LogP contribution is -2.22. The van der Waals surface area contributed by atoms with E-state index in [4.69, 9.17) is 21.9 Å². The van der Waals surface area contributed by atoms with Gasteiger partial charge in [0.1, 0.15) is 5.65 Å². The zero-order chi connectivity index (χ0) is 19.1. The minimum absolute atomic E-state index is 0.162. The predicted octanol–water partition coefficient (Wildman–Crippen LogP) is 3.73. The molecule has 0 saturated heterocycles. The molecule has 1 aromatic carbocycles. The molecule has 2 aromatic heterocycles. The molecule has 138 valence electrons. The lowest BCUT2D eigenvalue weighted by Gasteiger charge is -2.19. The molecule has 0 aliphatic heterocycles. The summed E-state index contributed by atoms with van der Waals surface area (Å²) in [5.41, 5.74) is 2.05. The number of benzene rings is 1. The fourth-order valence-corrected chi connectivity index (χ4v) is 3.70. The second kappa shape index (κ2) is 6.74. The van der Waals surface area contributed by atoms with Gasteiger partial charge >= 0.3 is 5.97 Å². The Kier molecular flexibility index (Phi) is 4.39. The summed E-state index contributed by atoms with van der Waals surface area (Å²) in [6, 6.07) is 11.4. The number of pyridine rings is 1. The van der Waals surface area contributed by atoms with E-state index in [0.717, 1.165) is 24.1 Å². The highest BCUT2D eigenvalue weighted by Gasteiger charge is 2.29. The third-order valence-corrected chi connectivity index (χ3v) is 5.28. The molecular weight excluding hydrogens is 362 g/mol. The molecule has 1 saturated carbocycles. The van der Waals surface area contributed by atoms with Crippen LogP contribution in [0.5, 0.6) is 0 Å². The van der Waals surface area contributed by atoms with Crippen molar-refractivity contribution in [1.82, 2.24) is 14.5 Å². The summed E-state index contributed by atoms with van der Waals surface area (Å²) in [6.07, 6.45) is 2.05. The lowest BCUT2D eigenvalue weighted by molar-refractivity contribution is 0.0602. The fourth-order valence-electron chi connectivity index (χ4n) is 3.36. The van der Waals surface area contributed by atoms with Crippen LogP contribution in [0.2, 0.25) is 0 Å². The molecule has 6 nitrogen and oxygen atoms in total. The lowest BCUT2D eigenvalue weighted by atomic mass is 10.1. The van der Waals surface area contributed by atoms with Crippen molar-refractivity contribution in [3.05, 3.63) is 68.3 Å². The maximum absolute atomic E-state index is 12.7. The summed E-state index contributed by atoms with van der Waals surface area (Å²) in [5.74, 6) is -0.239. The van der Waals surface area contributed by atoms with Gasteiger partial charge in [-0.25, -0.2) is 9.78 Å². The molecule has 27 heavy (non-hydrogen) atoms. The maximum atomic E-state index is 12.7. The van der Waals surface area contributed by atoms with Crippen molar-refractivity contribution in [2.45, 2.75) is 31.7 Å². The number of aromatic nitrogens is 3. The highest BCUT2D eigenvalue weighted by atomic mass is 32.1. The summed E-state index contributed by atoms with van der Waals surface area (Å²) in [4.78, 5) is 32.5. The molecule has 7 heteroatoms. The number of methoxy groups -OCH3 is 1. The highest BCUT2D eigenvalue weighted by molar-refractivity contribution is 7.71. The molecule has 0 bridgehead atoms. The Morgan fingerprint density at radius 3 is 2.67 bits per heavy atom. The standard InChI is InChI=1S/C20H19N3O3S/c1-11(12-6-4-3-5-7-12)23-17-16(18(24)22-20(23)27)14(19(25)26-2)10-15(21-17)13-8-9-13/h3-7,10-11,13H,8-9H2,1-2H3,(H,22,24,27)/t11-/m1/s1. The van der Waals surface area contributed by atoms with Crippen LogP contribution in [0, 0.1) is 4.77 Å². The molecule has 1 atom stereocenters. The highest BCUT2D eigenvalue weighted by Crippen LogP contribution is 2.40. The number of nitrogens with one attached hydrogen (secondary N) is 1. The molecule has 4 rings (SSSR count). The zero-order valence-corrected chi connectivity index (χ0v) is 15.9. The van der Waals surface area contributed by atoms with Crippen molar-refractivity contribution in [1.29, 1.82) is 0 Å². The van der Waals surface area contributed by atoms with E-state index in [1.807, 2.05) is 37.3 Å². The summed E-state index contributed by atoms with van der Waals surface area (Å²) >= 11 is 5.46. The van der Waals surface area contributed by atoms with Gasteiger partial charge in [0.2, 0.25) is 0 Å². The van der Waals surface area contributed by atoms with Crippen LogP contribution in [0.4, 0.5) is 0 Å². The average molecular weight is 381 g/mol. The van der Waals surface area contributed by atoms with Crippen molar-refractivity contribution in [2.75, 3.05) is 7.11 Å². The minimum Gasteiger partial charge on any atom is -0.465 e. The number of hydrogen-bond donors (Lipinski definition) is 1. The molecule has 3 aromatic rings. The minimum atomic E-state index is -0.550. The van der Waals surface area contributed by atoms with Gasteiger partial charge in [-0.15, -0.1) is 0 Å². The smallest absolute Gasteiger partial charge is 0.338 e. The molecule has 1 N–H and O–H groups in total. The Morgan fingerprint density at radius 1 is 1.33 bits per heavy atom. The first-order valence-corrected chi connectivity index (χ1v) is 9.24. The van der Waals surface area contributed by atoms with Crippen LogP contribution < -0.4 is 5.56 Å². The van der Waals surface area contributed by atoms with Crippen LogP contribution >= 0.6 is 12.2 Å². The Labute approximate surface area is 160 Å². The van der Waals surface area contributed by atoms with Crippen molar-refractivity contribution >= 4 is 29.2 Å². The number of nitrogens with zero attached hydrogens (tertiary/aromatic N) is 2. The van der Waals surface area contributed by atoms with Crippen molar-refractivity contribution < 1.29 is 9.53 Å². The van der Waals surface area contributed by atoms with Crippen LogP contribution in [0.1, 0.15) is 53.3 Å². The topological polar surface area (TPSA) is 77.0 Å². The number of fused-ring (bicyclic) bond motifs is 1. The number of ether oxygens (including phenoxy) is 1. The van der Waals surface area contributed by atoms with E-state index in [2.05, 4.69) is 4.98 Å². The van der Waals surface area contributed by atoms with Gasteiger partial charge in [0.25, 0.3) is 5.56 Å². The van der Waals surface area contributed by atoms with Crippen molar-refractivity contribution in [2.24, 2.45) is 0 Å². The number of rotatable bonds is 4. The molecule has 0 radical (unpaired) electrons. The molecular formula is C20H19N3O3S. The quantitative estimate of drug-likeness (QED) is 0.550. The number of esters is 1. The first kappa shape index (κ1) is 17.6. The Bertz CT molecular complexity index is 1150. The van der Waals surface area contributed by atoms with E-state index in [0.29, 0.717) is 11.6 Å². The van der Waals surface area contributed by atoms with Gasteiger partial charge < -0.3 is 4.74 Å². The summed E-state index contributed by atoms with van der Waals surface area (Å²) < 4.78 is 7.00. The third kappa shape index (κ3) is 3.08. The van der Waals surface area contributed by atoms with E-state index < -0.39 is 11.5 Å². The Balaban J connectivity index is 2.07. The van der Waals surface area contributed by atoms with E-state index in [-0.39, 0.29) is 21.8 Å². The number of hydrogen-bond acceptors (Lipinski definition) is 5. The van der Waals surface area contributed by atoms with Crippen molar-refractivity contribution in [3.8, 4) is 0 Å². The van der Waals surface area contributed by atoms with Crippen molar-refractivity contribution in [3.63, 3.8) is 0 Å². The SMILES string of the molecule is COC(=O)c1cc(C2CC2)nc2c1c(=O)[nH]c(=S)n2[C@H](C)c1ccccc1. The molecule has 2 heterocycles. The summed E-state index contributed by atoms with van der Waals surface area (Å²) in [7, 11) is 1.31. The summed E-state index contributed by atoms with van der Waals surface area (Å²) in [5, 5.41) is 0.211. The second-order valence-electron chi connectivity index (χ2n) is 6.78. The third-order valence-electron chi connectivity index (χ3n) is 4.98. The van der Waals surface area contributed by atoms with Crippen LogP contribution in [-0.2, 0) is 4.74 Å². The Morgan fingerprint density at radius 2 is 2.04 bits per heavy atom. The second-order valence-corrected chi connectivity index (χ2v) is 7.16. The zero-order valence-electron chi connectivity index (χ0n) is 15.1. The number of aromatic amines is 1. The van der Waals surface area contributed by atoms with Gasteiger partial charge in [0, 0.05) is 11.6 Å². The average Bonchev–Trinajstić information content (AvgIpc) is 3.52. The van der Waals surface area contributed by atoms with Crippen LogP contribution in [0.15, 0.2) is 41.2 Å². The molecule has 0 amide bonds. The molecule has 0 spiro atoms. The van der Waals surface area contributed by atoms with E-state index in [1.54, 1.807) is 10.6 Å². The fraction of sp³-hybridized carbons (Fsp3) is 0.300. The first-order valence-electron chi connectivity index (χ1n) is 8.84. The molecule has 1 aliphatic rings. The Hall–Kier alpha value is -2.80. The van der Waals surface area contributed by atoms with Gasteiger partial charge in [-0.05, 0) is 43.6 Å². The molecule has 1 fully saturated rings. The number of H-pyrrole nitrogens is 1. The first-order chi connectivity index (χ1) is 13.0. The van der Waals surface area contributed by atoms with Gasteiger partial charge in [0.15, 0.2) is 4.77 Å². The monoisotopic (exact) mass is 381 g/mol. The van der Waals surface area contributed by atoms with E-state index in [1.165, 1.54) is 7.11 Å². The van der Waals surface area contributed by atoms with Gasteiger partial charge in [-0.2, -0.15) is 0 Å². The van der Waals surface area contributed by atoms with Gasteiger partial charge in [0.05, 0.1) is 24.1 Å². The normalized spacial score (nSPS) is 14.9. The maximum Gasteiger partial charge on any atom is 0.338 e. The number of carbonyl (C=O) groups is 1. The summed E-state index contributed by atoms with van der Waals surface area (Å²) in [6.45, 7) is 1.99. The molecule has 0 unspecified atom stereocenters. The largest absolute Gasteiger partial charge is 0.465 e. The van der Waals surface area contributed by atoms with E-state index in [9.17, 15) is 9.59 Å². The molecule has 1 aliphatic carbocycles. The van der Waals surface area contributed by atoms with E-state index >= 15 is 0 Å². The van der Waals surface area contributed by atoms with Crippen LogP contribution in [0.25, 0.3) is 11.0 Å². The van der Waals surface area contributed by atoms with Crippen LogP contribution in [0.3, 0.4) is 0 Å². The predicted molar refractivity (Wildman–Crippen MR) is 105 cm³/mol. The van der Waals surface area contributed by atoms with Gasteiger partial charge in [-0.1, -0.05) is 30.3 Å². The number of carbonyl (C=O) groups excluding carboxylic acids is 1. The van der Waals surface area contributed by atoms with Crippen LogP contribution in [-0.4, -0.2) is 27.6 Å².